The lowest BCUT2D eigenvalue weighted by molar-refractivity contribution is -0.139. The summed E-state index contributed by atoms with van der Waals surface area (Å²) in [5, 5.41) is 11.8. The fraction of sp³-hybridized carbons (Fsp3) is 0.130. The second kappa shape index (κ2) is 9.65. The van der Waals surface area contributed by atoms with E-state index >= 15 is 0 Å². The Morgan fingerprint density at radius 3 is 2.23 bits per heavy atom. The number of carboxylic acids is 1. The summed E-state index contributed by atoms with van der Waals surface area (Å²) in [6.45, 7) is 0.356. The van der Waals surface area contributed by atoms with E-state index < -0.39 is 29.6 Å². The average Bonchev–Trinajstić information content (AvgIpc) is 2.72. The number of carbonyl (C=O) groups is 2. The predicted molar refractivity (Wildman–Crippen MR) is 106 cm³/mol. The normalized spacial score (nSPS) is 11.5. The number of rotatable bonds is 8. The van der Waals surface area contributed by atoms with E-state index in [1.807, 2.05) is 30.3 Å². The first-order chi connectivity index (χ1) is 14.4. The van der Waals surface area contributed by atoms with E-state index in [1.165, 1.54) is 0 Å². The Labute approximate surface area is 171 Å². The quantitative estimate of drug-likeness (QED) is 0.588. The molecule has 7 heteroatoms. The van der Waals surface area contributed by atoms with Gasteiger partial charge in [-0.15, -0.1) is 0 Å². The van der Waals surface area contributed by atoms with Crippen molar-refractivity contribution in [2.45, 2.75) is 19.1 Å². The number of hydrogen-bond donors (Lipinski definition) is 2. The summed E-state index contributed by atoms with van der Waals surface area (Å²) in [7, 11) is 0. The van der Waals surface area contributed by atoms with Crippen LogP contribution in [0.2, 0.25) is 0 Å². The van der Waals surface area contributed by atoms with E-state index in [9.17, 15) is 23.5 Å². The first kappa shape index (κ1) is 21.0. The van der Waals surface area contributed by atoms with E-state index in [1.54, 1.807) is 24.3 Å². The maximum Gasteiger partial charge on any atom is 0.326 e. The van der Waals surface area contributed by atoms with Crippen LogP contribution >= 0.6 is 0 Å². The van der Waals surface area contributed by atoms with Crippen molar-refractivity contribution in [3.8, 4) is 5.75 Å². The van der Waals surface area contributed by atoms with Crippen LogP contribution in [0.4, 0.5) is 8.78 Å². The molecule has 0 fully saturated rings. The van der Waals surface area contributed by atoms with Crippen molar-refractivity contribution < 1.29 is 28.2 Å². The molecule has 30 heavy (non-hydrogen) atoms. The Balaban J connectivity index is 1.67. The van der Waals surface area contributed by atoms with Gasteiger partial charge in [0.1, 0.15) is 30.0 Å². The molecule has 1 amide bonds. The maximum absolute atomic E-state index is 13.3. The molecule has 0 bridgehead atoms. The number of benzene rings is 3. The average molecular weight is 411 g/mol. The fourth-order valence-electron chi connectivity index (χ4n) is 2.87. The summed E-state index contributed by atoms with van der Waals surface area (Å²) in [5.74, 6) is -3.43. The molecule has 2 N–H and O–H groups in total. The molecule has 0 aromatic heterocycles. The van der Waals surface area contributed by atoms with Gasteiger partial charge in [0.05, 0.1) is 0 Å². The smallest absolute Gasteiger partial charge is 0.326 e. The van der Waals surface area contributed by atoms with Crippen LogP contribution in [0.1, 0.15) is 21.5 Å². The summed E-state index contributed by atoms with van der Waals surface area (Å²) in [4.78, 5) is 23.9. The lowest BCUT2D eigenvalue weighted by Gasteiger charge is -2.15. The van der Waals surface area contributed by atoms with Gasteiger partial charge >= 0.3 is 5.97 Å². The highest BCUT2D eigenvalue weighted by atomic mass is 19.1. The van der Waals surface area contributed by atoms with Gasteiger partial charge < -0.3 is 15.2 Å². The third kappa shape index (κ3) is 5.88. The molecule has 0 spiro atoms. The van der Waals surface area contributed by atoms with Gasteiger partial charge in [0.15, 0.2) is 0 Å². The van der Waals surface area contributed by atoms with Crippen LogP contribution in [0.5, 0.6) is 5.75 Å². The SMILES string of the molecule is O=C(N[C@@H](Cc1cccc(OCc2ccccc2)c1)C(=O)O)c1cc(F)cc(F)c1. The predicted octanol–water partition coefficient (Wildman–Crippen LogP) is 3.97. The number of carboxylic acid groups (broad SMARTS) is 1. The number of amides is 1. The van der Waals surface area contributed by atoms with Crippen LogP contribution in [0.15, 0.2) is 72.8 Å². The van der Waals surface area contributed by atoms with Gasteiger partial charge in [-0.3, -0.25) is 4.79 Å². The van der Waals surface area contributed by atoms with E-state index in [2.05, 4.69) is 5.32 Å². The van der Waals surface area contributed by atoms with E-state index in [0.29, 0.717) is 24.0 Å². The van der Waals surface area contributed by atoms with Crippen molar-refractivity contribution in [3.63, 3.8) is 0 Å². The summed E-state index contributed by atoms with van der Waals surface area (Å²) in [6.07, 6.45) is -0.0264. The minimum Gasteiger partial charge on any atom is -0.489 e. The third-order valence-corrected chi connectivity index (χ3v) is 4.31. The summed E-state index contributed by atoms with van der Waals surface area (Å²) < 4.78 is 32.4. The lowest BCUT2D eigenvalue weighted by atomic mass is 10.0. The van der Waals surface area contributed by atoms with Crippen LogP contribution in [-0.2, 0) is 17.8 Å². The first-order valence-electron chi connectivity index (χ1n) is 9.16. The number of carbonyl (C=O) groups excluding carboxylic acids is 1. The molecule has 0 saturated heterocycles. The Bertz CT molecular complexity index is 1020. The summed E-state index contributed by atoms with van der Waals surface area (Å²) in [5.41, 5.74) is 1.32. The molecule has 0 aliphatic rings. The number of aliphatic carboxylic acids is 1. The number of ether oxygens (including phenoxy) is 1. The third-order valence-electron chi connectivity index (χ3n) is 4.31. The topological polar surface area (TPSA) is 75.6 Å². The van der Waals surface area contributed by atoms with Crippen molar-refractivity contribution in [1.82, 2.24) is 5.32 Å². The summed E-state index contributed by atoms with van der Waals surface area (Å²) in [6, 6.07) is 17.5. The molecule has 1 atom stereocenters. The van der Waals surface area contributed by atoms with E-state index in [4.69, 9.17) is 4.74 Å². The van der Waals surface area contributed by atoms with Crippen molar-refractivity contribution in [3.05, 3.63) is 101 Å². The van der Waals surface area contributed by atoms with Gasteiger partial charge in [0, 0.05) is 18.1 Å². The highest BCUT2D eigenvalue weighted by molar-refractivity contribution is 5.96. The second-order valence-corrected chi connectivity index (χ2v) is 6.65. The van der Waals surface area contributed by atoms with Crippen molar-refractivity contribution >= 4 is 11.9 Å². The number of hydrogen-bond acceptors (Lipinski definition) is 3. The molecule has 0 radical (unpaired) electrons. The standard InChI is InChI=1S/C23H19F2NO4/c24-18-11-17(12-19(25)13-18)22(27)26-21(23(28)29)10-16-7-4-8-20(9-16)30-14-15-5-2-1-3-6-15/h1-9,11-13,21H,10,14H2,(H,26,27)(H,28,29)/t21-/m0/s1. The molecule has 0 unspecified atom stereocenters. The van der Waals surface area contributed by atoms with Gasteiger partial charge in [-0.2, -0.15) is 0 Å². The second-order valence-electron chi connectivity index (χ2n) is 6.65. The molecular formula is C23H19F2NO4. The monoisotopic (exact) mass is 411 g/mol. The molecule has 0 aliphatic heterocycles. The Kier molecular flexibility index (Phi) is 6.75. The number of nitrogens with one attached hydrogen (secondary N) is 1. The molecule has 0 saturated carbocycles. The van der Waals surface area contributed by atoms with Crippen LogP contribution < -0.4 is 10.1 Å². The highest BCUT2D eigenvalue weighted by Gasteiger charge is 2.22. The first-order valence-corrected chi connectivity index (χ1v) is 9.16. The lowest BCUT2D eigenvalue weighted by Crippen LogP contribution is -2.42. The molecule has 5 nitrogen and oxygen atoms in total. The van der Waals surface area contributed by atoms with Gasteiger partial charge in [-0.25, -0.2) is 13.6 Å². The fourth-order valence-corrected chi connectivity index (χ4v) is 2.87. The number of halogens is 2. The molecule has 0 aliphatic carbocycles. The van der Waals surface area contributed by atoms with E-state index in [-0.39, 0.29) is 12.0 Å². The van der Waals surface area contributed by atoms with Gasteiger partial charge in [0.25, 0.3) is 5.91 Å². The maximum atomic E-state index is 13.3. The van der Waals surface area contributed by atoms with Crippen LogP contribution in [0.3, 0.4) is 0 Å². The largest absolute Gasteiger partial charge is 0.489 e. The van der Waals surface area contributed by atoms with Gasteiger partial charge in [-0.05, 0) is 35.4 Å². The summed E-state index contributed by atoms with van der Waals surface area (Å²) >= 11 is 0. The van der Waals surface area contributed by atoms with E-state index in [0.717, 1.165) is 17.7 Å². The minimum absolute atomic E-state index is 0.0264. The highest BCUT2D eigenvalue weighted by Crippen LogP contribution is 2.17. The van der Waals surface area contributed by atoms with Gasteiger partial charge in [-0.1, -0.05) is 42.5 Å². The zero-order valence-electron chi connectivity index (χ0n) is 15.8. The Morgan fingerprint density at radius 1 is 0.900 bits per heavy atom. The zero-order chi connectivity index (χ0) is 21.5. The Morgan fingerprint density at radius 2 is 1.57 bits per heavy atom. The Hall–Kier alpha value is -3.74. The molecule has 154 valence electrons. The minimum atomic E-state index is -1.28. The zero-order valence-corrected chi connectivity index (χ0v) is 15.8. The van der Waals surface area contributed by atoms with Crippen LogP contribution in [-0.4, -0.2) is 23.0 Å². The molecule has 3 rings (SSSR count). The van der Waals surface area contributed by atoms with Crippen LogP contribution in [0, 0.1) is 11.6 Å². The van der Waals surface area contributed by atoms with Crippen molar-refractivity contribution in [2.75, 3.05) is 0 Å². The van der Waals surface area contributed by atoms with Crippen molar-refractivity contribution in [1.29, 1.82) is 0 Å². The molecule has 0 heterocycles. The molecule has 3 aromatic rings. The molecular weight excluding hydrogens is 392 g/mol. The molecule has 3 aromatic carbocycles. The van der Waals surface area contributed by atoms with Crippen LogP contribution in [0.25, 0.3) is 0 Å². The van der Waals surface area contributed by atoms with Gasteiger partial charge in [0.2, 0.25) is 0 Å². The van der Waals surface area contributed by atoms with Crippen molar-refractivity contribution in [2.24, 2.45) is 0 Å².